The summed E-state index contributed by atoms with van der Waals surface area (Å²) >= 11 is 0. The smallest absolute Gasteiger partial charge is 0.0570 e. The average molecular weight is 279 g/mol. The first-order valence-corrected chi connectivity index (χ1v) is 7.86. The van der Waals surface area contributed by atoms with Crippen molar-refractivity contribution in [2.45, 2.75) is 44.4 Å². The normalized spacial score (nSPS) is 24.1. The van der Waals surface area contributed by atoms with Gasteiger partial charge in [0.1, 0.15) is 0 Å². The number of aliphatic hydroxyl groups is 1. The molecule has 2 aliphatic rings. The first kappa shape index (κ1) is 13.1. The van der Waals surface area contributed by atoms with Gasteiger partial charge in [-0.15, -0.1) is 0 Å². The van der Waals surface area contributed by atoms with Crippen LogP contribution in [0.3, 0.4) is 0 Å². The fraction of sp³-hybridized carbons (Fsp3) is 0.368. The second-order valence-electron chi connectivity index (χ2n) is 6.46. The molecular formula is C19H21NO. The first-order chi connectivity index (χ1) is 10.2. The topological polar surface area (TPSA) is 32.3 Å². The molecule has 0 radical (unpaired) electrons. The predicted octanol–water partition coefficient (Wildman–Crippen LogP) is 3.43. The molecule has 2 nitrogen and oxygen atoms in total. The van der Waals surface area contributed by atoms with Gasteiger partial charge < -0.3 is 10.4 Å². The van der Waals surface area contributed by atoms with Crippen LogP contribution in [0.5, 0.6) is 0 Å². The number of hydrogen-bond donors (Lipinski definition) is 2. The van der Waals surface area contributed by atoms with Gasteiger partial charge in [0, 0.05) is 12.1 Å². The average Bonchev–Trinajstić information content (AvgIpc) is 2.83. The Morgan fingerprint density at radius 2 is 1.81 bits per heavy atom. The zero-order chi connectivity index (χ0) is 14.4. The van der Waals surface area contributed by atoms with E-state index >= 15 is 0 Å². The van der Waals surface area contributed by atoms with Gasteiger partial charge in [-0.3, -0.25) is 0 Å². The van der Waals surface area contributed by atoms with Gasteiger partial charge in [-0.2, -0.15) is 0 Å². The molecule has 21 heavy (non-hydrogen) atoms. The van der Waals surface area contributed by atoms with Crippen molar-refractivity contribution in [1.82, 2.24) is 5.32 Å². The Morgan fingerprint density at radius 3 is 2.62 bits per heavy atom. The lowest BCUT2D eigenvalue weighted by Crippen LogP contribution is -2.45. The molecule has 2 aliphatic carbocycles. The Bertz CT molecular complexity index is 673. The summed E-state index contributed by atoms with van der Waals surface area (Å²) < 4.78 is 0. The van der Waals surface area contributed by atoms with E-state index in [1.165, 1.54) is 27.8 Å². The van der Waals surface area contributed by atoms with Crippen molar-refractivity contribution in [3.8, 4) is 11.1 Å². The van der Waals surface area contributed by atoms with Crippen molar-refractivity contribution in [1.29, 1.82) is 0 Å². The summed E-state index contributed by atoms with van der Waals surface area (Å²) in [6.07, 6.45) is 2.74. The van der Waals surface area contributed by atoms with Crippen LogP contribution in [0.15, 0.2) is 42.5 Å². The van der Waals surface area contributed by atoms with E-state index in [0.717, 1.165) is 19.3 Å². The molecule has 0 aliphatic heterocycles. The lowest BCUT2D eigenvalue weighted by molar-refractivity contribution is 0.0586. The lowest BCUT2D eigenvalue weighted by atomic mass is 9.88. The molecule has 1 saturated carbocycles. The highest BCUT2D eigenvalue weighted by Gasteiger charge is 2.28. The van der Waals surface area contributed by atoms with E-state index in [2.05, 4.69) is 54.7 Å². The Morgan fingerprint density at radius 1 is 1.05 bits per heavy atom. The van der Waals surface area contributed by atoms with E-state index in [1.54, 1.807) is 0 Å². The van der Waals surface area contributed by atoms with Gasteiger partial charge in [0.05, 0.1) is 6.10 Å². The molecule has 0 spiro atoms. The van der Waals surface area contributed by atoms with E-state index in [-0.39, 0.29) is 6.10 Å². The van der Waals surface area contributed by atoms with Crippen LogP contribution in [-0.2, 0) is 6.42 Å². The zero-order valence-electron chi connectivity index (χ0n) is 12.3. The van der Waals surface area contributed by atoms with E-state index < -0.39 is 0 Å². The molecule has 2 aromatic rings. The molecule has 4 rings (SSSR count). The van der Waals surface area contributed by atoms with Gasteiger partial charge in [0.15, 0.2) is 0 Å². The van der Waals surface area contributed by atoms with Crippen LogP contribution < -0.4 is 5.32 Å². The fourth-order valence-corrected chi connectivity index (χ4v) is 3.61. The maximum atomic E-state index is 9.39. The van der Waals surface area contributed by atoms with Crippen LogP contribution in [0.4, 0.5) is 0 Å². The monoisotopic (exact) mass is 279 g/mol. The summed E-state index contributed by atoms with van der Waals surface area (Å²) in [5.41, 5.74) is 7.01. The van der Waals surface area contributed by atoms with Gasteiger partial charge in [0.25, 0.3) is 0 Å². The number of rotatable bonds is 3. The highest BCUT2D eigenvalue weighted by Crippen LogP contribution is 2.37. The summed E-state index contributed by atoms with van der Waals surface area (Å²) in [5.74, 6) is 0. The number of hydrogen-bond acceptors (Lipinski definition) is 2. The van der Waals surface area contributed by atoms with Crippen LogP contribution in [0.2, 0.25) is 0 Å². The van der Waals surface area contributed by atoms with Crippen molar-refractivity contribution < 1.29 is 5.11 Å². The lowest BCUT2D eigenvalue weighted by Gasteiger charge is -2.34. The van der Waals surface area contributed by atoms with E-state index in [0.29, 0.717) is 12.1 Å². The predicted molar refractivity (Wildman–Crippen MR) is 85.3 cm³/mol. The molecule has 1 atom stereocenters. The van der Waals surface area contributed by atoms with Crippen molar-refractivity contribution in [3.05, 3.63) is 59.2 Å². The minimum absolute atomic E-state index is 0.0933. The molecule has 0 bridgehead atoms. The van der Waals surface area contributed by atoms with Crippen LogP contribution in [0.1, 0.15) is 42.5 Å². The van der Waals surface area contributed by atoms with Gasteiger partial charge in [0.2, 0.25) is 0 Å². The van der Waals surface area contributed by atoms with E-state index in [1.807, 2.05) is 0 Å². The standard InChI is InChI=1S/C19H21NO/c1-12(20-16-10-17(21)11-16)13-6-7-19-15(8-13)9-14-4-2-3-5-18(14)19/h2-8,12,16-17,20-21H,9-11H2,1H3. The zero-order valence-corrected chi connectivity index (χ0v) is 12.3. The minimum atomic E-state index is -0.0933. The van der Waals surface area contributed by atoms with Crippen molar-refractivity contribution in [2.75, 3.05) is 0 Å². The third kappa shape index (κ3) is 2.29. The number of benzene rings is 2. The Kier molecular flexibility index (Phi) is 3.09. The van der Waals surface area contributed by atoms with Crippen LogP contribution in [0.25, 0.3) is 11.1 Å². The van der Waals surface area contributed by atoms with Gasteiger partial charge in [-0.25, -0.2) is 0 Å². The number of aliphatic hydroxyl groups excluding tert-OH is 1. The fourth-order valence-electron chi connectivity index (χ4n) is 3.61. The quantitative estimate of drug-likeness (QED) is 0.770. The van der Waals surface area contributed by atoms with Gasteiger partial charge >= 0.3 is 0 Å². The summed E-state index contributed by atoms with van der Waals surface area (Å²) in [6, 6.07) is 16.4. The molecule has 1 unspecified atom stereocenters. The Balaban J connectivity index is 1.55. The second-order valence-corrected chi connectivity index (χ2v) is 6.46. The molecule has 0 heterocycles. The van der Waals surface area contributed by atoms with E-state index in [4.69, 9.17) is 0 Å². The molecule has 0 aromatic heterocycles. The molecule has 1 fully saturated rings. The number of fused-ring (bicyclic) bond motifs is 3. The maximum absolute atomic E-state index is 9.39. The molecule has 0 amide bonds. The summed E-state index contributed by atoms with van der Waals surface area (Å²) in [6.45, 7) is 2.22. The van der Waals surface area contributed by atoms with Crippen LogP contribution in [0, 0.1) is 0 Å². The van der Waals surface area contributed by atoms with Crippen molar-refractivity contribution in [2.24, 2.45) is 0 Å². The molecule has 2 aromatic carbocycles. The first-order valence-electron chi connectivity index (χ1n) is 7.86. The third-order valence-corrected chi connectivity index (χ3v) is 4.92. The summed E-state index contributed by atoms with van der Waals surface area (Å²) in [5, 5.41) is 13.0. The highest BCUT2D eigenvalue weighted by molar-refractivity contribution is 5.76. The molecule has 0 saturated heterocycles. The van der Waals surface area contributed by atoms with Crippen LogP contribution >= 0.6 is 0 Å². The largest absolute Gasteiger partial charge is 0.393 e. The maximum Gasteiger partial charge on any atom is 0.0570 e. The van der Waals surface area contributed by atoms with Crippen molar-refractivity contribution >= 4 is 0 Å². The molecule has 2 heteroatoms. The van der Waals surface area contributed by atoms with Gasteiger partial charge in [-0.1, -0.05) is 42.5 Å². The van der Waals surface area contributed by atoms with Gasteiger partial charge in [-0.05, 0) is 54.0 Å². The third-order valence-electron chi connectivity index (χ3n) is 4.92. The Labute approximate surface area is 125 Å². The minimum Gasteiger partial charge on any atom is -0.393 e. The second kappa shape index (κ2) is 4.97. The molecule has 2 N–H and O–H groups in total. The molecule has 108 valence electrons. The van der Waals surface area contributed by atoms with E-state index in [9.17, 15) is 5.11 Å². The van der Waals surface area contributed by atoms with Crippen molar-refractivity contribution in [3.63, 3.8) is 0 Å². The van der Waals surface area contributed by atoms with Crippen LogP contribution in [-0.4, -0.2) is 17.3 Å². The number of nitrogens with one attached hydrogen (secondary N) is 1. The SMILES string of the molecule is CC(NC1CC(O)C1)c1ccc2c(c1)Cc1ccccc1-2. The Hall–Kier alpha value is -1.64. The molecular weight excluding hydrogens is 258 g/mol. The summed E-state index contributed by atoms with van der Waals surface area (Å²) in [4.78, 5) is 0. The summed E-state index contributed by atoms with van der Waals surface area (Å²) in [7, 11) is 0. The highest BCUT2D eigenvalue weighted by atomic mass is 16.3.